The number of nitrogens with zero attached hydrogens (tertiary/aromatic N) is 1. The quantitative estimate of drug-likeness (QED) is 0.277. The van der Waals surface area contributed by atoms with Crippen molar-refractivity contribution >= 4 is 42.3 Å². The maximum atomic E-state index is 12.9. The zero-order valence-electron chi connectivity index (χ0n) is 19.8. The molecule has 35 heavy (non-hydrogen) atoms. The van der Waals surface area contributed by atoms with E-state index in [0.717, 1.165) is 11.1 Å². The lowest BCUT2D eigenvalue weighted by molar-refractivity contribution is -0.140. The number of benzene rings is 2. The number of thiol groups is 1. The summed E-state index contributed by atoms with van der Waals surface area (Å²) < 4.78 is 5.72. The number of hydrogen-bond donors (Lipinski definition) is 3. The smallest absolute Gasteiger partial charge is 0.325 e. The van der Waals surface area contributed by atoms with Gasteiger partial charge >= 0.3 is 5.97 Å². The zero-order valence-corrected chi connectivity index (χ0v) is 21.5. The second kappa shape index (κ2) is 10.4. The number of carboxylic acids is 1. The molecule has 2 heterocycles. The van der Waals surface area contributed by atoms with Crippen molar-refractivity contribution in [1.29, 1.82) is 0 Å². The SMILES string of the molecule is CC(C)(C)NC(C(=O)O)c1ccc(-c2ccc(/C=C3\SC(S)N(Cc4ccccc4)C3=O)o2)cc1. The Morgan fingerprint density at radius 1 is 1.14 bits per heavy atom. The summed E-state index contributed by atoms with van der Waals surface area (Å²) in [6.45, 7) is 6.29. The van der Waals surface area contributed by atoms with Crippen LogP contribution in [0.15, 0.2) is 76.1 Å². The predicted octanol–water partition coefficient (Wildman–Crippen LogP) is 5.79. The minimum atomic E-state index is -0.929. The summed E-state index contributed by atoms with van der Waals surface area (Å²) in [5.41, 5.74) is 2.19. The van der Waals surface area contributed by atoms with Gasteiger partial charge in [-0.1, -0.05) is 66.4 Å². The Balaban J connectivity index is 1.48. The Bertz CT molecular complexity index is 1230. The third-order valence-electron chi connectivity index (χ3n) is 5.42. The van der Waals surface area contributed by atoms with E-state index in [1.165, 1.54) is 11.8 Å². The lowest BCUT2D eigenvalue weighted by Crippen LogP contribution is -2.42. The maximum Gasteiger partial charge on any atom is 0.325 e. The molecule has 3 aromatic rings. The lowest BCUT2D eigenvalue weighted by Gasteiger charge is -2.26. The van der Waals surface area contributed by atoms with Crippen LogP contribution in [0.25, 0.3) is 17.4 Å². The third kappa shape index (κ3) is 6.20. The van der Waals surface area contributed by atoms with Crippen LogP contribution in [0.4, 0.5) is 0 Å². The number of furan rings is 1. The van der Waals surface area contributed by atoms with Gasteiger partial charge in [-0.15, -0.1) is 12.6 Å². The summed E-state index contributed by atoms with van der Waals surface area (Å²) in [5.74, 6) is 0.201. The van der Waals surface area contributed by atoms with E-state index in [1.807, 2.05) is 75.4 Å². The molecule has 0 aliphatic carbocycles. The van der Waals surface area contributed by atoms with E-state index in [1.54, 1.807) is 23.1 Å². The standard InChI is InChI=1S/C27H28N2O4S2/c1-27(2,3)28-23(25(31)32)19-11-9-18(10-12-19)21-14-13-20(33-21)15-22-24(30)29(26(34)35-22)16-17-7-5-4-6-8-17/h4-15,23,26,28,34H,16H2,1-3H3,(H,31,32)/b22-15-. The van der Waals surface area contributed by atoms with Gasteiger partial charge in [-0.2, -0.15) is 0 Å². The first-order valence-electron chi connectivity index (χ1n) is 11.2. The lowest BCUT2D eigenvalue weighted by atomic mass is 10.00. The van der Waals surface area contributed by atoms with Gasteiger partial charge in [0.1, 0.15) is 22.3 Å². The topological polar surface area (TPSA) is 82.8 Å². The minimum Gasteiger partial charge on any atom is -0.480 e. The second-order valence-electron chi connectivity index (χ2n) is 9.36. The molecule has 2 aromatic carbocycles. The highest BCUT2D eigenvalue weighted by atomic mass is 32.2. The molecule has 182 valence electrons. The molecule has 6 nitrogen and oxygen atoms in total. The van der Waals surface area contributed by atoms with Crippen molar-refractivity contribution in [2.75, 3.05) is 0 Å². The molecular formula is C27H28N2O4S2. The van der Waals surface area contributed by atoms with E-state index in [0.29, 0.717) is 28.5 Å². The van der Waals surface area contributed by atoms with Crippen molar-refractivity contribution in [3.05, 3.63) is 88.5 Å². The van der Waals surface area contributed by atoms with Crippen molar-refractivity contribution < 1.29 is 19.1 Å². The van der Waals surface area contributed by atoms with E-state index < -0.39 is 12.0 Å². The number of carbonyl (C=O) groups is 2. The van der Waals surface area contributed by atoms with Gasteiger partial charge in [-0.05, 0) is 44.0 Å². The predicted molar refractivity (Wildman–Crippen MR) is 143 cm³/mol. The summed E-state index contributed by atoms with van der Waals surface area (Å²) >= 11 is 5.97. The van der Waals surface area contributed by atoms with Gasteiger partial charge in [0, 0.05) is 23.7 Å². The van der Waals surface area contributed by atoms with E-state index in [9.17, 15) is 14.7 Å². The van der Waals surface area contributed by atoms with Crippen molar-refractivity contribution in [3.8, 4) is 11.3 Å². The van der Waals surface area contributed by atoms with Crippen molar-refractivity contribution in [2.24, 2.45) is 0 Å². The molecule has 8 heteroatoms. The molecule has 2 unspecified atom stereocenters. The molecule has 1 aliphatic rings. The van der Waals surface area contributed by atoms with Crippen LogP contribution in [-0.4, -0.2) is 32.1 Å². The average Bonchev–Trinajstić information content (AvgIpc) is 3.38. The van der Waals surface area contributed by atoms with Crippen LogP contribution in [-0.2, 0) is 16.1 Å². The number of thioether (sulfide) groups is 1. The molecule has 0 radical (unpaired) electrons. The normalized spacial score (nSPS) is 18.3. The Kier molecular flexibility index (Phi) is 7.44. The Morgan fingerprint density at radius 3 is 2.46 bits per heavy atom. The number of hydrogen-bond acceptors (Lipinski definition) is 6. The van der Waals surface area contributed by atoms with Crippen LogP contribution in [0.3, 0.4) is 0 Å². The summed E-state index contributed by atoms with van der Waals surface area (Å²) in [6.07, 6.45) is 1.74. The Morgan fingerprint density at radius 2 is 1.83 bits per heavy atom. The maximum absolute atomic E-state index is 12.9. The fraction of sp³-hybridized carbons (Fsp3) is 0.259. The van der Waals surface area contributed by atoms with Crippen molar-refractivity contribution in [3.63, 3.8) is 0 Å². The van der Waals surface area contributed by atoms with Gasteiger partial charge < -0.3 is 14.4 Å². The minimum absolute atomic E-state index is 0.0767. The third-order valence-corrected chi connectivity index (χ3v) is 7.03. The highest BCUT2D eigenvalue weighted by Crippen LogP contribution is 2.39. The van der Waals surface area contributed by atoms with Gasteiger partial charge in [-0.25, -0.2) is 0 Å². The number of carboxylic acid groups (broad SMARTS) is 1. The molecule has 0 bridgehead atoms. The number of aliphatic carboxylic acids is 1. The first-order chi connectivity index (χ1) is 16.6. The van der Waals surface area contributed by atoms with Crippen LogP contribution in [0.1, 0.15) is 43.7 Å². The molecule has 1 aliphatic heterocycles. The molecule has 1 amide bonds. The molecule has 0 spiro atoms. The molecule has 4 rings (SSSR count). The number of amides is 1. The fourth-order valence-corrected chi connectivity index (χ4v) is 5.22. The summed E-state index contributed by atoms with van der Waals surface area (Å²) in [6, 6.07) is 19.9. The molecule has 2 atom stereocenters. The first-order valence-corrected chi connectivity index (χ1v) is 12.6. The van der Waals surface area contributed by atoms with Crippen LogP contribution in [0.2, 0.25) is 0 Å². The highest BCUT2D eigenvalue weighted by Gasteiger charge is 2.34. The molecule has 1 aromatic heterocycles. The molecular weight excluding hydrogens is 480 g/mol. The summed E-state index contributed by atoms with van der Waals surface area (Å²) in [7, 11) is 0. The number of carbonyl (C=O) groups excluding carboxylic acids is 1. The molecule has 1 saturated heterocycles. The van der Waals surface area contributed by atoms with E-state index in [-0.39, 0.29) is 16.2 Å². The van der Waals surface area contributed by atoms with Gasteiger partial charge in [-0.3, -0.25) is 14.9 Å². The molecule has 2 N–H and O–H groups in total. The van der Waals surface area contributed by atoms with Crippen molar-refractivity contribution in [1.82, 2.24) is 10.2 Å². The van der Waals surface area contributed by atoms with Gasteiger partial charge in [0.05, 0.1) is 4.91 Å². The molecule has 0 saturated carbocycles. The van der Waals surface area contributed by atoms with Crippen LogP contribution in [0.5, 0.6) is 0 Å². The summed E-state index contributed by atoms with van der Waals surface area (Å²) in [5, 5.41) is 12.8. The van der Waals surface area contributed by atoms with Crippen LogP contribution >= 0.6 is 24.4 Å². The number of nitrogens with one attached hydrogen (secondary N) is 1. The first kappa shape index (κ1) is 25.2. The summed E-state index contributed by atoms with van der Waals surface area (Å²) in [4.78, 5) is 27.0. The van der Waals surface area contributed by atoms with Gasteiger partial charge in [0.2, 0.25) is 0 Å². The van der Waals surface area contributed by atoms with E-state index >= 15 is 0 Å². The zero-order chi connectivity index (χ0) is 25.2. The van der Waals surface area contributed by atoms with Crippen LogP contribution in [0, 0.1) is 0 Å². The van der Waals surface area contributed by atoms with Crippen molar-refractivity contribution in [2.45, 2.75) is 43.6 Å². The molecule has 1 fully saturated rings. The largest absolute Gasteiger partial charge is 0.480 e. The van der Waals surface area contributed by atoms with Crippen LogP contribution < -0.4 is 5.32 Å². The monoisotopic (exact) mass is 508 g/mol. The average molecular weight is 509 g/mol. The van der Waals surface area contributed by atoms with E-state index in [4.69, 9.17) is 4.42 Å². The highest BCUT2D eigenvalue weighted by molar-refractivity contribution is 8.14. The fourth-order valence-electron chi connectivity index (χ4n) is 3.77. The number of rotatable bonds is 7. The van der Waals surface area contributed by atoms with Gasteiger partial charge in [0.25, 0.3) is 5.91 Å². The Hall–Kier alpha value is -2.94. The van der Waals surface area contributed by atoms with E-state index in [2.05, 4.69) is 17.9 Å². The van der Waals surface area contributed by atoms with Gasteiger partial charge in [0.15, 0.2) is 0 Å². The second-order valence-corrected chi connectivity index (χ2v) is 11.3. The Labute approximate surface area is 214 Å².